The number of aromatic amines is 1. The van der Waals surface area contributed by atoms with Crippen LogP contribution in [-0.2, 0) is 13.5 Å². The number of nitrogens with one attached hydrogen (secondary N) is 2. The number of halogens is 2. The number of nitrogens with zero attached hydrogens (tertiary/aromatic N) is 1. The first kappa shape index (κ1) is 19.1. The van der Waals surface area contributed by atoms with E-state index < -0.39 is 17.2 Å². The highest BCUT2D eigenvalue weighted by Gasteiger charge is 2.17. The molecule has 9 heteroatoms. The van der Waals surface area contributed by atoms with Crippen molar-refractivity contribution in [1.29, 1.82) is 0 Å². The number of aromatic nitrogens is 2. The Kier molecular flexibility index (Phi) is 5.92. The molecule has 1 amide bonds. The Labute approximate surface area is 153 Å². The van der Waals surface area contributed by atoms with Crippen LogP contribution in [0, 0.1) is 0 Å². The summed E-state index contributed by atoms with van der Waals surface area (Å²) in [4.78, 5) is 38.0. The lowest BCUT2D eigenvalue weighted by atomic mass is 10.1. The lowest BCUT2D eigenvalue weighted by Crippen LogP contribution is -2.41. The number of rotatable bonds is 5. The maximum atomic E-state index is 12.3. The number of nitrogens with two attached hydrogens (primary N) is 1. The van der Waals surface area contributed by atoms with Crippen LogP contribution in [0.3, 0.4) is 0 Å². The fraction of sp³-hybridized carbons (Fsp3) is 0.312. The van der Waals surface area contributed by atoms with Gasteiger partial charge in [-0.15, -0.1) is 0 Å². The van der Waals surface area contributed by atoms with Crippen molar-refractivity contribution >= 4 is 34.8 Å². The van der Waals surface area contributed by atoms with E-state index in [1.54, 1.807) is 12.1 Å². The zero-order valence-corrected chi connectivity index (χ0v) is 15.2. The Morgan fingerprint density at radius 2 is 2.00 bits per heavy atom. The van der Waals surface area contributed by atoms with Gasteiger partial charge >= 0.3 is 5.69 Å². The van der Waals surface area contributed by atoms with Crippen molar-refractivity contribution < 1.29 is 4.79 Å². The van der Waals surface area contributed by atoms with Crippen LogP contribution in [-0.4, -0.2) is 21.5 Å². The summed E-state index contributed by atoms with van der Waals surface area (Å²) >= 11 is 11.8. The average molecular weight is 385 g/mol. The molecule has 2 rings (SSSR count). The number of aryl methyl sites for hydroxylation is 1. The van der Waals surface area contributed by atoms with Crippen molar-refractivity contribution in [2.75, 3.05) is 5.73 Å². The average Bonchev–Trinajstić information content (AvgIpc) is 2.57. The number of carbonyl (C=O) groups is 1. The van der Waals surface area contributed by atoms with Gasteiger partial charge in [0.2, 0.25) is 0 Å². The van der Waals surface area contributed by atoms with Crippen LogP contribution < -0.4 is 22.3 Å². The van der Waals surface area contributed by atoms with Crippen molar-refractivity contribution in [3.05, 3.63) is 60.3 Å². The molecule has 1 atom stereocenters. The van der Waals surface area contributed by atoms with Crippen molar-refractivity contribution in [3.63, 3.8) is 0 Å². The summed E-state index contributed by atoms with van der Waals surface area (Å²) in [6.45, 7) is 1.81. The van der Waals surface area contributed by atoms with Crippen LogP contribution in [0.4, 0.5) is 5.69 Å². The summed E-state index contributed by atoms with van der Waals surface area (Å²) in [7, 11) is 1.28. The van der Waals surface area contributed by atoms with Gasteiger partial charge < -0.3 is 16.0 Å². The maximum Gasteiger partial charge on any atom is 0.328 e. The van der Waals surface area contributed by atoms with Gasteiger partial charge in [0.1, 0.15) is 11.4 Å². The first-order valence-corrected chi connectivity index (χ1v) is 8.30. The van der Waals surface area contributed by atoms with Gasteiger partial charge in [0.25, 0.3) is 11.5 Å². The Morgan fingerprint density at radius 3 is 2.64 bits per heavy atom. The normalized spacial score (nSPS) is 12.0. The van der Waals surface area contributed by atoms with Crippen molar-refractivity contribution in [3.8, 4) is 0 Å². The van der Waals surface area contributed by atoms with Gasteiger partial charge in [-0.2, -0.15) is 0 Å². The molecule has 1 unspecified atom stereocenters. The number of H-pyrrole nitrogens is 1. The molecule has 7 nitrogen and oxygen atoms in total. The highest BCUT2D eigenvalue weighted by molar-refractivity contribution is 6.42. The lowest BCUT2D eigenvalue weighted by molar-refractivity contribution is 0.0933. The smallest absolute Gasteiger partial charge is 0.328 e. The third kappa shape index (κ3) is 4.43. The molecule has 0 aliphatic carbocycles. The van der Waals surface area contributed by atoms with Gasteiger partial charge in [-0.25, -0.2) is 4.79 Å². The standard InChI is InChI=1S/C16H18Cl2N4O3/c1-8(3-4-9-5-6-10(17)11(18)7-9)20-14(23)13-12(19)15(24)22(2)16(25)21-13/h5-8H,3-4,19H2,1-2H3,(H,20,23)(H,21,25). The second-order valence-corrected chi connectivity index (χ2v) is 6.56. The molecule has 0 saturated carbocycles. The third-order valence-electron chi connectivity index (χ3n) is 3.80. The van der Waals surface area contributed by atoms with Gasteiger partial charge in [-0.1, -0.05) is 29.3 Å². The quantitative estimate of drug-likeness (QED) is 0.728. The second kappa shape index (κ2) is 7.76. The molecule has 25 heavy (non-hydrogen) atoms. The fourth-order valence-corrected chi connectivity index (χ4v) is 2.58. The molecule has 2 aromatic rings. The van der Waals surface area contributed by atoms with E-state index in [0.29, 0.717) is 22.9 Å². The molecule has 0 bridgehead atoms. The summed E-state index contributed by atoms with van der Waals surface area (Å²) in [6, 6.07) is 5.13. The van der Waals surface area contributed by atoms with Gasteiger partial charge in [0, 0.05) is 13.1 Å². The number of benzene rings is 1. The van der Waals surface area contributed by atoms with Crippen molar-refractivity contribution in [1.82, 2.24) is 14.9 Å². The lowest BCUT2D eigenvalue weighted by Gasteiger charge is -2.15. The monoisotopic (exact) mass is 384 g/mol. The molecule has 0 radical (unpaired) electrons. The second-order valence-electron chi connectivity index (χ2n) is 5.74. The SMILES string of the molecule is CC(CCc1ccc(Cl)c(Cl)c1)NC(=O)c1[nH]c(=O)n(C)c(=O)c1N. The molecular weight excluding hydrogens is 367 g/mol. The minimum Gasteiger partial charge on any atom is -0.392 e. The summed E-state index contributed by atoms with van der Waals surface area (Å²) in [5.41, 5.74) is 4.68. The summed E-state index contributed by atoms with van der Waals surface area (Å²) in [6.07, 6.45) is 1.29. The summed E-state index contributed by atoms with van der Waals surface area (Å²) < 4.78 is 0.805. The van der Waals surface area contributed by atoms with Crippen LogP contribution in [0.1, 0.15) is 29.4 Å². The molecule has 0 aliphatic heterocycles. The Balaban J connectivity index is 2.04. The van der Waals surface area contributed by atoms with E-state index in [4.69, 9.17) is 28.9 Å². The highest BCUT2D eigenvalue weighted by Crippen LogP contribution is 2.23. The van der Waals surface area contributed by atoms with Crippen molar-refractivity contribution in [2.45, 2.75) is 25.8 Å². The van der Waals surface area contributed by atoms with Crippen molar-refractivity contribution in [2.24, 2.45) is 7.05 Å². The molecule has 134 valence electrons. The Hall–Kier alpha value is -2.25. The van der Waals surface area contributed by atoms with Gasteiger partial charge in [0.05, 0.1) is 10.0 Å². The number of anilines is 1. The zero-order valence-electron chi connectivity index (χ0n) is 13.7. The van der Waals surface area contributed by atoms with Crippen LogP contribution in [0.15, 0.2) is 27.8 Å². The van der Waals surface area contributed by atoms with E-state index in [9.17, 15) is 14.4 Å². The number of carbonyl (C=O) groups excluding carboxylic acids is 1. The number of amides is 1. The van der Waals surface area contributed by atoms with Crippen LogP contribution in [0.5, 0.6) is 0 Å². The van der Waals surface area contributed by atoms with E-state index in [0.717, 1.165) is 10.1 Å². The minimum atomic E-state index is -0.711. The molecule has 1 heterocycles. The molecule has 1 aromatic carbocycles. The van der Waals surface area contributed by atoms with E-state index in [2.05, 4.69) is 10.3 Å². The molecule has 0 fully saturated rings. The predicted molar refractivity (Wildman–Crippen MR) is 98.4 cm³/mol. The van der Waals surface area contributed by atoms with Gasteiger partial charge in [0.15, 0.2) is 0 Å². The Bertz CT molecular complexity index is 921. The van der Waals surface area contributed by atoms with Gasteiger partial charge in [-0.05, 0) is 37.5 Å². The fourth-order valence-electron chi connectivity index (χ4n) is 2.26. The van der Waals surface area contributed by atoms with Crippen LogP contribution >= 0.6 is 23.2 Å². The van der Waals surface area contributed by atoms with E-state index in [1.807, 2.05) is 13.0 Å². The van der Waals surface area contributed by atoms with Crippen LogP contribution in [0.2, 0.25) is 10.0 Å². The first-order valence-electron chi connectivity index (χ1n) is 7.54. The minimum absolute atomic E-state index is 0.214. The van der Waals surface area contributed by atoms with E-state index in [-0.39, 0.29) is 17.4 Å². The van der Waals surface area contributed by atoms with Gasteiger partial charge in [-0.3, -0.25) is 14.2 Å². The number of hydrogen-bond acceptors (Lipinski definition) is 4. The zero-order chi connectivity index (χ0) is 18.7. The molecule has 0 saturated heterocycles. The maximum absolute atomic E-state index is 12.3. The third-order valence-corrected chi connectivity index (χ3v) is 4.53. The molecule has 1 aromatic heterocycles. The Morgan fingerprint density at radius 1 is 1.32 bits per heavy atom. The summed E-state index contributed by atoms with van der Waals surface area (Å²) in [5, 5.41) is 3.67. The number of nitrogen functional groups attached to an aromatic ring is 1. The summed E-state index contributed by atoms with van der Waals surface area (Å²) in [5.74, 6) is -0.603. The molecular formula is C16H18Cl2N4O3. The largest absolute Gasteiger partial charge is 0.392 e. The molecule has 4 N–H and O–H groups in total. The van der Waals surface area contributed by atoms with Crippen LogP contribution in [0.25, 0.3) is 0 Å². The first-order chi connectivity index (χ1) is 11.7. The molecule has 0 aliphatic rings. The highest BCUT2D eigenvalue weighted by atomic mass is 35.5. The van der Waals surface area contributed by atoms with E-state index >= 15 is 0 Å². The van der Waals surface area contributed by atoms with E-state index in [1.165, 1.54) is 7.05 Å². The predicted octanol–water partition coefficient (Wildman–Crippen LogP) is 1.71. The number of hydrogen-bond donors (Lipinski definition) is 3. The topological polar surface area (TPSA) is 110 Å². The molecule has 0 spiro atoms.